The summed E-state index contributed by atoms with van der Waals surface area (Å²) in [6, 6.07) is 7.93. The van der Waals surface area contributed by atoms with Crippen molar-refractivity contribution in [3.63, 3.8) is 0 Å². The first-order valence-electron chi connectivity index (χ1n) is 5.48. The normalized spacial score (nSPS) is 13.1. The molecule has 0 saturated carbocycles. The molecule has 0 saturated heterocycles. The van der Waals surface area contributed by atoms with E-state index >= 15 is 0 Å². The second-order valence-electron chi connectivity index (χ2n) is 4.02. The summed E-state index contributed by atoms with van der Waals surface area (Å²) in [5.41, 5.74) is 0.968. The third-order valence-electron chi connectivity index (χ3n) is 2.73. The van der Waals surface area contributed by atoms with Gasteiger partial charge < -0.3 is 4.52 Å². The third-order valence-corrected chi connectivity index (χ3v) is 2.73. The van der Waals surface area contributed by atoms with Crippen LogP contribution >= 0.6 is 0 Å². The molecule has 3 rings (SSSR count). The monoisotopic (exact) mass is 228 g/mol. The highest BCUT2D eigenvalue weighted by atomic mass is 16.5. The van der Waals surface area contributed by atoms with Crippen LogP contribution in [0.1, 0.15) is 24.7 Å². The number of nitrogens with zero attached hydrogens (tertiary/aromatic N) is 4. The zero-order valence-electron chi connectivity index (χ0n) is 9.66. The van der Waals surface area contributed by atoms with E-state index in [0.29, 0.717) is 11.7 Å². The molecule has 0 radical (unpaired) electrons. The van der Waals surface area contributed by atoms with Gasteiger partial charge in [-0.15, -0.1) is 0 Å². The molecule has 5 nitrogen and oxygen atoms in total. The lowest BCUT2D eigenvalue weighted by atomic mass is 10.3. The fourth-order valence-corrected chi connectivity index (χ4v) is 1.78. The minimum atomic E-state index is -0.0522. The summed E-state index contributed by atoms with van der Waals surface area (Å²) in [4.78, 5) is 4.22. The molecule has 0 aliphatic heterocycles. The van der Waals surface area contributed by atoms with Crippen LogP contribution < -0.4 is 0 Å². The summed E-state index contributed by atoms with van der Waals surface area (Å²) in [5, 5.41) is 9.38. The molecule has 0 aliphatic carbocycles. The zero-order valence-corrected chi connectivity index (χ0v) is 9.66. The number of hydrogen-bond acceptors (Lipinski definition) is 4. The number of benzene rings is 1. The molecule has 0 N–H and O–H groups in total. The van der Waals surface area contributed by atoms with Gasteiger partial charge in [0.15, 0.2) is 5.82 Å². The van der Waals surface area contributed by atoms with E-state index in [1.807, 2.05) is 42.1 Å². The summed E-state index contributed by atoms with van der Waals surface area (Å²) in [7, 11) is 0. The first-order chi connectivity index (χ1) is 8.24. The molecule has 0 aliphatic rings. The highest BCUT2D eigenvalue weighted by Gasteiger charge is 2.16. The van der Waals surface area contributed by atoms with Gasteiger partial charge in [0.25, 0.3) is 5.89 Å². The molecule has 3 aromatic rings. The molecule has 1 atom stereocenters. The lowest BCUT2D eigenvalue weighted by Gasteiger charge is -2.05. The van der Waals surface area contributed by atoms with Crippen LogP contribution in [0.25, 0.3) is 10.9 Å². The van der Waals surface area contributed by atoms with Crippen LogP contribution in [0.5, 0.6) is 0 Å². The van der Waals surface area contributed by atoms with E-state index in [-0.39, 0.29) is 6.04 Å². The van der Waals surface area contributed by atoms with E-state index in [1.165, 1.54) is 0 Å². The second-order valence-corrected chi connectivity index (χ2v) is 4.02. The van der Waals surface area contributed by atoms with Crippen molar-refractivity contribution in [1.29, 1.82) is 0 Å². The topological polar surface area (TPSA) is 56.7 Å². The largest absolute Gasteiger partial charge is 0.337 e. The van der Waals surface area contributed by atoms with Crippen molar-refractivity contribution >= 4 is 10.9 Å². The summed E-state index contributed by atoms with van der Waals surface area (Å²) < 4.78 is 7.00. The molecule has 0 amide bonds. The van der Waals surface area contributed by atoms with Crippen LogP contribution in [0.15, 0.2) is 35.0 Å². The molecule has 17 heavy (non-hydrogen) atoms. The lowest BCUT2D eigenvalue weighted by Crippen LogP contribution is -2.07. The fourth-order valence-electron chi connectivity index (χ4n) is 1.78. The first-order valence-corrected chi connectivity index (χ1v) is 5.48. The minimum absolute atomic E-state index is 0.0522. The Morgan fingerprint density at radius 1 is 1.29 bits per heavy atom. The van der Waals surface area contributed by atoms with Gasteiger partial charge in [0.2, 0.25) is 0 Å². The maximum absolute atomic E-state index is 5.15. The van der Waals surface area contributed by atoms with E-state index < -0.39 is 0 Å². The van der Waals surface area contributed by atoms with Crippen molar-refractivity contribution in [2.45, 2.75) is 19.9 Å². The minimum Gasteiger partial charge on any atom is -0.337 e. The molecule has 0 fully saturated rings. The Morgan fingerprint density at radius 2 is 2.12 bits per heavy atom. The summed E-state index contributed by atoms with van der Waals surface area (Å²) in [6.07, 6.45) is 1.99. The molecule has 0 bridgehead atoms. The van der Waals surface area contributed by atoms with Gasteiger partial charge in [-0.1, -0.05) is 23.4 Å². The Morgan fingerprint density at radius 3 is 2.82 bits per heavy atom. The average Bonchev–Trinajstić information content (AvgIpc) is 2.93. The van der Waals surface area contributed by atoms with Crippen molar-refractivity contribution in [3.05, 3.63) is 42.2 Å². The van der Waals surface area contributed by atoms with Crippen LogP contribution in [0.2, 0.25) is 0 Å². The quantitative estimate of drug-likeness (QED) is 0.675. The molecule has 5 heteroatoms. The van der Waals surface area contributed by atoms with Crippen molar-refractivity contribution in [3.8, 4) is 0 Å². The summed E-state index contributed by atoms with van der Waals surface area (Å²) in [5.74, 6) is 1.22. The maximum atomic E-state index is 5.15. The highest BCUT2D eigenvalue weighted by Crippen LogP contribution is 2.19. The van der Waals surface area contributed by atoms with Crippen LogP contribution in [-0.2, 0) is 0 Å². The molecule has 1 unspecified atom stereocenters. The summed E-state index contributed by atoms with van der Waals surface area (Å²) in [6.45, 7) is 3.79. The Bertz CT molecular complexity index is 622. The van der Waals surface area contributed by atoms with Gasteiger partial charge in [-0.05, 0) is 19.9 Å². The van der Waals surface area contributed by atoms with Crippen molar-refractivity contribution in [2.75, 3.05) is 0 Å². The van der Waals surface area contributed by atoms with Gasteiger partial charge in [0, 0.05) is 11.6 Å². The number of aryl methyl sites for hydroxylation is 1. The van der Waals surface area contributed by atoms with Crippen molar-refractivity contribution < 1.29 is 4.52 Å². The fraction of sp³-hybridized carbons (Fsp3) is 0.250. The Balaban J connectivity index is 2.03. The predicted molar refractivity (Wildman–Crippen MR) is 62.6 cm³/mol. The zero-order chi connectivity index (χ0) is 11.8. The summed E-state index contributed by atoms with van der Waals surface area (Å²) >= 11 is 0. The van der Waals surface area contributed by atoms with Crippen LogP contribution in [0, 0.1) is 6.92 Å². The smallest absolute Gasteiger partial charge is 0.251 e. The van der Waals surface area contributed by atoms with Crippen molar-refractivity contribution in [2.24, 2.45) is 0 Å². The molecular weight excluding hydrogens is 216 g/mol. The molecule has 2 aromatic heterocycles. The standard InChI is InChI=1S/C12H12N4O/c1-8(12-13-9(2)15-17-12)16-7-10-5-3-4-6-11(10)14-16/h3-8H,1-2H3. The van der Waals surface area contributed by atoms with Gasteiger partial charge in [-0.25, -0.2) is 0 Å². The molecule has 1 aromatic carbocycles. The number of fused-ring (bicyclic) bond motifs is 1. The maximum Gasteiger partial charge on any atom is 0.251 e. The van der Waals surface area contributed by atoms with Crippen molar-refractivity contribution in [1.82, 2.24) is 19.9 Å². The SMILES string of the molecule is Cc1noc(C(C)n2cc3ccccc3n2)n1. The lowest BCUT2D eigenvalue weighted by molar-refractivity contribution is 0.335. The molecule has 86 valence electrons. The Hall–Kier alpha value is -2.17. The number of hydrogen-bond donors (Lipinski definition) is 0. The molecular formula is C12H12N4O. The Labute approximate surface area is 98.1 Å². The van der Waals surface area contributed by atoms with E-state index in [9.17, 15) is 0 Å². The number of aromatic nitrogens is 4. The van der Waals surface area contributed by atoms with Gasteiger partial charge in [-0.3, -0.25) is 4.68 Å². The van der Waals surface area contributed by atoms with E-state index in [1.54, 1.807) is 6.92 Å². The van der Waals surface area contributed by atoms with E-state index in [4.69, 9.17) is 4.52 Å². The third kappa shape index (κ3) is 1.69. The van der Waals surface area contributed by atoms with Crippen LogP contribution in [-0.4, -0.2) is 19.9 Å². The van der Waals surface area contributed by atoms with Gasteiger partial charge >= 0.3 is 0 Å². The Kier molecular flexibility index (Phi) is 2.18. The molecule has 0 spiro atoms. The van der Waals surface area contributed by atoms with E-state index in [2.05, 4.69) is 15.2 Å². The van der Waals surface area contributed by atoms with E-state index in [0.717, 1.165) is 10.9 Å². The van der Waals surface area contributed by atoms with Gasteiger partial charge in [0.05, 0.1) is 5.52 Å². The van der Waals surface area contributed by atoms with Gasteiger partial charge in [-0.2, -0.15) is 10.1 Å². The van der Waals surface area contributed by atoms with Crippen LogP contribution in [0.3, 0.4) is 0 Å². The molecule has 2 heterocycles. The average molecular weight is 228 g/mol. The van der Waals surface area contributed by atoms with Gasteiger partial charge in [0.1, 0.15) is 6.04 Å². The predicted octanol–water partition coefficient (Wildman–Crippen LogP) is 2.34. The first kappa shape index (κ1) is 10.0. The van der Waals surface area contributed by atoms with Crippen LogP contribution in [0.4, 0.5) is 0 Å². The highest BCUT2D eigenvalue weighted by molar-refractivity contribution is 5.77. The second kappa shape index (κ2) is 3.69. The number of rotatable bonds is 2.